The van der Waals surface area contributed by atoms with Gasteiger partial charge in [-0.3, -0.25) is 14.7 Å². The Balaban J connectivity index is 1.93. The van der Waals surface area contributed by atoms with Crippen LogP contribution in [0.15, 0.2) is 64.1 Å². The molecule has 1 unspecified atom stereocenters. The van der Waals surface area contributed by atoms with E-state index in [1.807, 2.05) is 48.2 Å². The Bertz CT molecular complexity index is 793. The van der Waals surface area contributed by atoms with Crippen LogP contribution in [0.2, 0.25) is 0 Å². The van der Waals surface area contributed by atoms with E-state index in [0.717, 1.165) is 28.4 Å². The molecule has 5 heteroatoms. The second kappa shape index (κ2) is 5.66. The zero-order valence-corrected chi connectivity index (χ0v) is 13.6. The predicted octanol–water partition coefficient (Wildman–Crippen LogP) is 3.15. The van der Waals surface area contributed by atoms with E-state index in [-0.39, 0.29) is 11.9 Å². The van der Waals surface area contributed by atoms with Crippen LogP contribution in [0.1, 0.15) is 17.8 Å². The number of nitrogens with one attached hydrogen (secondary N) is 1. The van der Waals surface area contributed by atoms with Gasteiger partial charge in [0.15, 0.2) is 0 Å². The fourth-order valence-corrected chi connectivity index (χ4v) is 4.04. The van der Waals surface area contributed by atoms with E-state index < -0.39 is 0 Å². The number of fused-ring (bicyclic) bond motifs is 1. The van der Waals surface area contributed by atoms with Crippen LogP contribution < -0.4 is 10.2 Å². The molecule has 1 aromatic heterocycles. The number of carbonyl (C=O) groups excluding carboxylic acids is 1. The maximum absolute atomic E-state index is 13.1. The van der Waals surface area contributed by atoms with Crippen molar-refractivity contribution in [2.45, 2.75) is 13.0 Å². The molecule has 4 rings (SSSR count). The first-order valence-electron chi connectivity index (χ1n) is 7.69. The zero-order valence-electron chi connectivity index (χ0n) is 12.8. The first-order chi connectivity index (χ1) is 11.3. The fourth-order valence-electron chi connectivity index (χ4n) is 3.22. The molecule has 1 saturated heterocycles. The molecule has 0 bridgehead atoms. The average Bonchev–Trinajstić information content (AvgIpc) is 3.14. The normalized spacial score (nSPS) is 20.9. The highest BCUT2D eigenvalue weighted by molar-refractivity contribution is 7.10. The number of rotatable bonds is 2. The lowest BCUT2D eigenvalue weighted by molar-refractivity contribution is -0.112. The third-order valence-corrected chi connectivity index (χ3v) is 5.16. The van der Waals surface area contributed by atoms with E-state index in [4.69, 9.17) is 0 Å². The highest BCUT2D eigenvalue weighted by atomic mass is 32.1. The van der Waals surface area contributed by atoms with Crippen molar-refractivity contribution in [2.24, 2.45) is 4.99 Å². The van der Waals surface area contributed by atoms with Gasteiger partial charge in [-0.15, -0.1) is 11.3 Å². The molecular formula is C18H17N3OS. The molecule has 3 heterocycles. The SMILES string of the molecule is CC1=C2C(=NCCN1)C(=O)N(c1ccccc1)C2c1cccs1. The Labute approximate surface area is 139 Å². The van der Waals surface area contributed by atoms with Gasteiger partial charge < -0.3 is 5.32 Å². The number of carbonyl (C=O) groups is 1. The molecule has 1 fully saturated rings. The molecule has 1 atom stereocenters. The molecule has 0 spiro atoms. The third-order valence-electron chi connectivity index (χ3n) is 4.23. The Morgan fingerprint density at radius 1 is 1.22 bits per heavy atom. The van der Waals surface area contributed by atoms with Crippen molar-refractivity contribution in [3.8, 4) is 0 Å². The molecule has 2 aromatic rings. The van der Waals surface area contributed by atoms with Crippen LogP contribution in [-0.2, 0) is 4.79 Å². The van der Waals surface area contributed by atoms with Gasteiger partial charge in [-0.05, 0) is 30.5 Å². The Morgan fingerprint density at radius 3 is 2.78 bits per heavy atom. The summed E-state index contributed by atoms with van der Waals surface area (Å²) in [5.41, 5.74) is 3.58. The summed E-state index contributed by atoms with van der Waals surface area (Å²) < 4.78 is 0. The number of hydrogen-bond acceptors (Lipinski definition) is 4. The van der Waals surface area contributed by atoms with Gasteiger partial charge in [0.1, 0.15) is 11.8 Å². The molecule has 2 aliphatic heterocycles. The number of amides is 1. The summed E-state index contributed by atoms with van der Waals surface area (Å²) in [6.45, 7) is 3.44. The van der Waals surface area contributed by atoms with Crippen LogP contribution in [-0.4, -0.2) is 24.7 Å². The van der Waals surface area contributed by atoms with Crippen LogP contribution in [0, 0.1) is 0 Å². The van der Waals surface area contributed by atoms with Gasteiger partial charge in [-0.2, -0.15) is 0 Å². The summed E-state index contributed by atoms with van der Waals surface area (Å²) in [5, 5.41) is 5.44. The lowest BCUT2D eigenvalue weighted by Gasteiger charge is -2.24. The van der Waals surface area contributed by atoms with Gasteiger partial charge in [0, 0.05) is 28.4 Å². The summed E-state index contributed by atoms with van der Waals surface area (Å²) in [6, 6.07) is 13.9. The van der Waals surface area contributed by atoms with Gasteiger partial charge in [-0.1, -0.05) is 24.3 Å². The van der Waals surface area contributed by atoms with Gasteiger partial charge in [0.2, 0.25) is 0 Å². The van der Waals surface area contributed by atoms with E-state index in [9.17, 15) is 4.79 Å². The standard InChI is InChI=1S/C18H17N3OS/c1-12-15-16(20-10-9-19-12)18(22)21(13-6-3-2-4-7-13)17(15)14-8-5-11-23-14/h2-8,11,17,19H,9-10H2,1H3. The summed E-state index contributed by atoms with van der Waals surface area (Å²) in [4.78, 5) is 20.7. The van der Waals surface area contributed by atoms with Gasteiger partial charge in [0.25, 0.3) is 5.91 Å². The van der Waals surface area contributed by atoms with Gasteiger partial charge >= 0.3 is 0 Å². The molecular weight excluding hydrogens is 306 g/mol. The molecule has 1 aromatic carbocycles. The first-order valence-corrected chi connectivity index (χ1v) is 8.57. The smallest absolute Gasteiger partial charge is 0.277 e. The molecule has 4 nitrogen and oxygen atoms in total. The Hall–Kier alpha value is -2.40. The van der Waals surface area contributed by atoms with Crippen molar-refractivity contribution in [3.05, 3.63) is 64.0 Å². The van der Waals surface area contributed by atoms with Gasteiger partial charge in [0.05, 0.1) is 6.54 Å². The molecule has 0 saturated carbocycles. The quantitative estimate of drug-likeness (QED) is 0.923. The molecule has 23 heavy (non-hydrogen) atoms. The van der Waals surface area contributed by atoms with E-state index in [1.54, 1.807) is 11.3 Å². The van der Waals surface area contributed by atoms with Crippen LogP contribution in [0.4, 0.5) is 5.69 Å². The highest BCUT2D eigenvalue weighted by Crippen LogP contribution is 2.42. The number of benzene rings is 1. The minimum atomic E-state index is -0.103. The molecule has 0 aliphatic carbocycles. The van der Waals surface area contributed by atoms with Crippen molar-refractivity contribution in [2.75, 3.05) is 18.0 Å². The van der Waals surface area contributed by atoms with Crippen LogP contribution in [0.3, 0.4) is 0 Å². The number of para-hydroxylation sites is 1. The average molecular weight is 323 g/mol. The number of aliphatic imine (C=N–C) groups is 1. The summed E-state index contributed by atoms with van der Waals surface area (Å²) in [5.74, 6) is -0.00681. The van der Waals surface area contributed by atoms with Crippen molar-refractivity contribution >= 4 is 28.6 Å². The second-order valence-corrected chi connectivity index (χ2v) is 6.60. The predicted molar refractivity (Wildman–Crippen MR) is 94.0 cm³/mol. The van der Waals surface area contributed by atoms with E-state index in [0.29, 0.717) is 12.3 Å². The number of allylic oxidation sites excluding steroid dienone is 1. The minimum absolute atomic E-state index is 0.00681. The maximum Gasteiger partial charge on any atom is 0.277 e. The van der Waals surface area contributed by atoms with Crippen LogP contribution >= 0.6 is 11.3 Å². The van der Waals surface area contributed by atoms with Crippen molar-refractivity contribution in [1.82, 2.24) is 5.32 Å². The summed E-state index contributed by atoms with van der Waals surface area (Å²) in [6.07, 6.45) is 0. The number of thiophene rings is 1. The van der Waals surface area contributed by atoms with Gasteiger partial charge in [-0.25, -0.2) is 0 Å². The molecule has 1 amide bonds. The van der Waals surface area contributed by atoms with Crippen LogP contribution in [0.5, 0.6) is 0 Å². The number of hydrogen-bond donors (Lipinski definition) is 1. The lowest BCUT2D eigenvalue weighted by atomic mass is 10.0. The Morgan fingerprint density at radius 2 is 2.04 bits per heavy atom. The zero-order chi connectivity index (χ0) is 15.8. The first kappa shape index (κ1) is 14.2. The van der Waals surface area contributed by atoms with E-state index >= 15 is 0 Å². The summed E-state index contributed by atoms with van der Waals surface area (Å²) >= 11 is 1.67. The minimum Gasteiger partial charge on any atom is -0.386 e. The topological polar surface area (TPSA) is 44.7 Å². The molecule has 116 valence electrons. The second-order valence-electron chi connectivity index (χ2n) is 5.62. The van der Waals surface area contributed by atoms with E-state index in [2.05, 4.69) is 21.8 Å². The summed E-state index contributed by atoms with van der Waals surface area (Å²) in [7, 11) is 0. The lowest BCUT2D eigenvalue weighted by Crippen LogP contribution is -2.29. The maximum atomic E-state index is 13.1. The number of anilines is 1. The Kier molecular flexibility index (Phi) is 3.50. The molecule has 2 aliphatic rings. The molecule has 1 N–H and O–H groups in total. The molecule has 0 radical (unpaired) electrons. The van der Waals surface area contributed by atoms with Crippen LogP contribution in [0.25, 0.3) is 0 Å². The number of nitrogens with zero attached hydrogens (tertiary/aromatic N) is 2. The fraction of sp³-hybridized carbons (Fsp3) is 0.222. The van der Waals surface area contributed by atoms with Crippen molar-refractivity contribution in [1.29, 1.82) is 0 Å². The largest absolute Gasteiger partial charge is 0.386 e. The van der Waals surface area contributed by atoms with Crippen molar-refractivity contribution in [3.63, 3.8) is 0 Å². The monoisotopic (exact) mass is 323 g/mol. The third kappa shape index (κ3) is 2.28. The van der Waals surface area contributed by atoms with Crippen molar-refractivity contribution < 1.29 is 4.79 Å². The van der Waals surface area contributed by atoms with E-state index in [1.165, 1.54) is 0 Å². The highest BCUT2D eigenvalue weighted by Gasteiger charge is 2.44.